The highest BCUT2D eigenvalue weighted by atomic mass is 16.3. The highest BCUT2D eigenvalue weighted by Gasteiger charge is 2.21. The van der Waals surface area contributed by atoms with Gasteiger partial charge in [0.2, 0.25) is 5.91 Å². The van der Waals surface area contributed by atoms with Gasteiger partial charge in [-0.25, -0.2) is 4.79 Å². The second-order valence-electron chi connectivity index (χ2n) is 5.61. The largest absolute Gasteiger partial charge is 0.459 e. The first-order valence-electron chi connectivity index (χ1n) is 7.49. The summed E-state index contributed by atoms with van der Waals surface area (Å²) in [6, 6.07) is 10.4. The lowest BCUT2D eigenvalue weighted by Gasteiger charge is -2.23. The molecule has 0 saturated carbocycles. The zero-order valence-corrected chi connectivity index (χ0v) is 13.4. The summed E-state index contributed by atoms with van der Waals surface area (Å²) in [5, 5.41) is 0.969. The molecule has 24 heavy (non-hydrogen) atoms. The average molecular weight is 327 g/mol. The molecule has 0 aliphatic heterocycles. The summed E-state index contributed by atoms with van der Waals surface area (Å²) in [6.45, 7) is 1.70. The molecular formula is C17H17N3O4. The molecular weight excluding hydrogens is 310 g/mol. The topological polar surface area (TPSA) is 88.3 Å². The van der Waals surface area contributed by atoms with E-state index in [4.69, 9.17) is 4.42 Å². The van der Waals surface area contributed by atoms with Crippen molar-refractivity contribution in [2.45, 2.75) is 19.5 Å². The zero-order valence-electron chi connectivity index (χ0n) is 13.4. The third kappa shape index (κ3) is 3.01. The van der Waals surface area contributed by atoms with E-state index in [1.165, 1.54) is 17.2 Å². The molecule has 3 rings (SSSR count). The normalized spacial score (nSPS) is 12.2. The first kappa shape index (κ1) is 15.8. The van der Waals surface area contributed by atoms with Gasteiger partial charge in [-0.3, -0.25) is 19.1 Å². The highest BCUT2D eigenvalue weighted by molar-refractivity contribution is 5.79. The number of carbonyl (C=O) groups is 1. The number of amides is 1. The smallest absolute Gasteiger partial charge is 0.328 e. The van der Waals surface area contributed by atoms with Gasteiger partial charge in [0, 0.05) is 24.7 Å². The van der Waals surface area contributed by atoms with Crippen molar-refractivity contribution in [2.24, 2.45) is 0 Å². The van der Waals surface area contributed by atoms with Gasteiger partial charge in [-0.1, -0.05) is 18.2 Å². The van der Waals surface area contributed by atoms with Crippen molar-refractivity contribution in [1.82, 2.24) is 14.5 Å². The molecule has 0 spiro atoms. The maximum atomic E-state index is 12.4. The fraction of sp³-hybridized carbons (Fsp3) is 0.235. The van der Waals surface area contributed by atoms with Crippen molar-refractivity contribution in [3.8, 4) is 0 Å². The van der Waals surface area contributed by atoms with E-state index < -0.39 is 11.2 Å². The molecule has 0 aliphatic rings. The molecule has 1 amide bonds. The SMILES string of the molecule is CC(c1cc2ccccc2o1)N(C)C(=O)Cn1ccc(=O)[nH]c1=O. The number of furan rings is 1. The third-order valence-electron chi connectivity index (χ3n) is 4.03. The molecule has 0 aliphatic carbocycles. The molecule has 0 saturated heterocycles. The molecule has 1 atom stereocenters. The van der Waals surface area contributed by atoms with E-state index in [0.717, 1.165) is 15.5 Å². The molecule has 1 unspecified atom stereocenters. The maximum Gasteiger partial charge on any atom is 0.328 e. The highest BCUT2D eigenvalue weighted by Crippen LogP contribution is 2.26. The van der Waals surface area contributed by atoms with Gasteiger partial charge in [0.1, 0.15) is 17.9 Å². The number of carbonyl (C=O) groups excluding carboxylic acids is 1. The Morgan fingerprint density at radius 3 is 2.75 bits per heavy atom. The second-order valence-corrected chi connectivity index (χ2v) is 5.61. The van der Waals surface area contributed by atoms with Gasteiger partial charge >= 0.3 is 5.69 Å². The molecule has 7 nitrogen and oxygen atoms in total. The first-order valence-corrected chi connectivity index (χ1v) is 7.49. The summed E-state index contributed by atoms with van der Waals surface area (Å²) in [4.78, 5) is 38.8. The molecule has 1 aromatic carbocycles. The zero-order chi connectivity index (χ0) is 17.3. The number of aromatic amines is 1. The number of hydrogen-bond donors (Lipinski definition) is 1. The predicted octanol–water partition coefficient (Wildman–Crippen LogP) is 1.50. The predicted molar refractivity (Wildman–Crippen MR) is 88.7 cm³/mol. The number of para-hydroxylation sites is 1. The van der Waals surface area contributed by atoms with Crippen LogP contribution >= 0.6 is 0 Å². The van der Waals surface area contributed by atoms with Gasteiger partial charge in [-0.05, 0) is 19.1 Å². The van der Waals surface area contributed by atoms with Crippen LogP contribution < -0.4 is 11.2 Å². The van der Waals surface area contributed by atoms with E-state index in [2.05, 4.69) is 4.98 Å². The first-order chi connectivity index (χ1) is 11.5. The number of nitrogens with one attached hydrogen (secondary N) is 1. The minimum atomic E-state index is -0.611. The molecule has 124 valence electrons. The fourth-order valence-electron chi connectivity index (χ4n) is 2.44. The van der Waals surface area contributed by atoms with Crippen molar-refractivity contribution < 1.29 is 9.21 Å². The Morgan fingerprint density at radius 1 is 1.29 bits per heavy atom. The van der Waals surface area contributed by atoms with Gasteiger partial charge in [0.25, 0.3) is 5.56 Å². The Morgan fingerprint density at radius 2 is 2.04 bits per heavy atom. The van der Waals surface area contributed by atoms with Gasteiger partial charge in [-0.2, -0.15) is 0 Å². The lowest BCUT2D eigenvalue weighted by molar-refractivity contribution is -0.132. The fourth-order valence-corrected chi connectivity index (χ4v) is 2.44. The number of rotatable bonds is 4. The Bertz CT molecular complexity index is 965. The van der Waals surface area contributed by atoms with E-state index in [-0.39, 0.29) is 18.5 Å². The molecule has 0 bridgehead atoms. The number of benzene rings is 1. The van der Waals surface area contributed by atoms with Crippen molar-refractivity contribution in [3.63, 3.8) is 0 Å². The minimum absolute atomic E-state index is 0.156. The van der Waals surface area contributed by atoms with Crippen molar-refractivity contribution in [1.29, 1.82) is 0 Å². The Labute approximate surface area is 137 Å². The number of aromatic nitrogens is 2. The number of likely N-dealkylation sites (N-methyl/N-ethyl adjacent to an activating group) is 1. The number of nitrogens with zero attached hydrogens (tertiary/aromatic N) is 2. The standard InChI is InChI=1S/C17H17N3O4/c1-11(14-9-12-5-3-4-6-13(12)24-14)19(2)16(22)10-20-8-7-15(21)18-17(20)23/h3-9,11H,10H2,1-2H3,(H,18,21,23). The summed E-state index contributed by atoms with van der Waals surface area (Å²) >= 11 is 0. The maximum absolute atomic E-state index is 12.4. The van der Waals surface area contributed by atoms with E-state index in [0.29, 0.717) is 5.76 Å². The van der Waals surface area contributed by atoms with Gasteiger partial charge in [0.05, 0.1) is 6.04 Å². The van der Waals surface area contributed by atoms with E-state index in [1.807, 2.05) is 37.3 Å². The monoisotopic (exact) mass is 327 g/mol. The third-order valence-corrected chi connectivity index (χ3v) is 4.03. The molecule has 0 fully saturated rings. The molecule has 3 aromatic rings. The van der Waals surface area contributed by atoms with Crippen LogP contribution in [-0.4, -0.2) is 27.4 Å². The van der Waals surface area contributed by atoms with Crippen molar-refractivity contribution in [3.05, 3.63) is 69.2 Å². The summed E-state index contributed by atoms with van der Waals surface area (Å²) in [5.41, 5.74) is -0.342. The van der Waals surface area contributed by atoms with Crippen molar-refractivity contribution >= 4 is 16.9 Å². The van der Waals surface area contributed by atoms with Crippen LogP contribution in [0.4, 0.5) is 0 Å². The van der Waals surface area contributed by atoms with Crippen LogP contribution in [0.2, 0.25) is 0 Å². The Balaban J connectivity index is 1.79. The van der Waals surface area contributed by atoms with Crippen LogP contribution in [-0.2, 0) is 11.3 Å². The molecule has 2 aromatic heterocycles. The minimum Gasteiger partial charge on any atom is -0.459 e. The number of hydrogen-bond acceptors (Lipinski definition) is 4. The van der Waals surface area contributed by atoms with Gasteiger partial charge in [0.15, 0.2) is 0 Å². The summed E-state index contributed by atoms with van der Waals surface area (Å²) in [6.07, 6.45) is 1.30. The quantitative estimate of drug-likeness (QED) is 0.786. The Kier molecular flexibility index (Phi) is 4.07. The average Bonchev–Trinajstić information content (AvgIpc) is 3.00. The van der Waals surface area contributed by atoms with Crippen LogP contribution in [0.3, 0.4) is 0 Å². The van der Waals surface area contributed by atoms with Crippen LogP contribution in [0, 0.1) is 0 Å². The summed E-state index contributed by atoms with van der Waals surface area (Å²) in [5.74, 6) is 0.401. The van der Waals surface area contributed by atoms with Gasteiger partial charge in [-0.15, -0.1) is 0 Å². The van der Waals surface area contributed by atoms with Crippen LogP contribution in [0.5, 0.6) is 0 Å². The van der Waals surface area contributed by atoms with Crippen molar-refractivity contribution in [2.75, 3.05) is 7.05 Å². The van der Waals surface area contributed by atoms with E-state index in [1.54, 1.807) is 7.05 Å². The summed E-state index contributed by atoms with van der Waals surface area (Å²) in [7, 11) is 1.65. The van der Waals surface area contributed by atoms with Gasteiger partial charge < -0.3 is 9.32 Å². The molecule has 2 heterocycles. The molecule has 7 heteroatoms. The number of H-pyrrole nitrogens is 1. The molecule has 1 N–H and O–H groups in total. The molecule has 0 radical (unpaired) electrons. The van der Waals surface area contributed by atoms with E-state index >= 15 is 0 Å². The van der Waals surface area contributed by atoms with Crippen LogP contribution in [0.1, 0.15) is 18.7 Å². The number of fused-ring (bicyclic) bond motifs is 1. The Hall–Kier alpha value is -3.09. The lowest BCUT2D eigenvalue weighted by Crippen LogP contribution is -2.37. The summed E-state index contributed by atoms with van der Waals surface area (Å²) < 4.78 is 6.94. The van der Waals surface area contributed by atoms with Crippen LogP contribution in [0.25, 0.3) is 11.0 Å². The lowest BCUT2D eigenvalue weighted by atomic mass is 10.2. The second kappa shape index (κ2) is 6.19. The van der Waals surface area contributed by atoms with Crippen LogP contribution in [0.15, 0.2) is 56.6 Å². The van der Waals surface area contributed by atoms with E-state index in [9.17, 15) is 14.4 Å².